The van der Waals surface area contributed by atoms with Crippen LogP contribution in [0, 0.1) is 0 Å². The van der Waals surface area contributed by atoms with Crippen LogP contribution in [0.5, 0.6) is 5.75 Å². The Kier molecular flexibility index (Phi) is 5.43. The van der Waals surface area contributed by atoms with Gasteiger partial charge in [0.05, 0.1) is 13.2 Å². The summed E-state index contributed by atoms with van der Waals surface area (Å²) in [5.41, 5.74) is 2.25. The minimum atomic E-state index is 0.00152. The predicted molar refractivity (Wildman–Crippen MR) is 100 cm³/mol. The molecular weight excluding hydrogens is 314 g/mol. The molecule has 0 aliphatic carbocycles. The Morgan fingerprint density at radius 2 is 1.76 bits per heavy atom. The number of nitrogens with zero attached hydrogens (tertiary/aromatic N) is 2. The smallest absolute Gasteiger partial charge is 0.317 e. The largest absolute Gasteiger partial charge is 0.497 e. The number of carbonyl (C=O) groups is 1. The Morgan fingerprint density at radius 1 is 1.04 bits per heavy atom. The molecule has 1 N–H and O–H groups in total. The van der Waals surface area contributed by atoms with Crippen LogP contribution in [0.1, 0.15) is 18.5 Å². The summed E-state index contributed by atoms with van der Waals surface area (Å²) in [6, 6.07) is 18.1. The molecule has 5 nitrogen and oxygen atoms in total. The SMILES string of the molecule is COc1cccc(N2CCN(C(=O)NC(C)c3ccccc3)CC2)c1. The minimum absolute atomic E-state index is 0.00152. The summed E-state index contributed by atoms with van der Waals surface area (Å²) in [6.07, 6.45) is 0. The standard InChI is InChI=1S/C20H25N3O2/c1-16(17-7-4-3-5-8-17)21-20(24)23-13-11-22(12-14-23)18-9-6-10-19(15-18)25-2/h3-10,15-16H,11-14H2,1-2H3,(H,21,24). The summed E-state index contributed by atoms with van der Waals surface area (Å²) in [5.74, 6) is 0.856. The van der Waals surface area contributed by atoms with Crippen molar-refractivity contribution in [3.8, 4) is 5.75 Å². The van der Waals surface area contributed by atoms with Gasteiger partial charge in [-0.15, -0.1) is 0 Å². The van der Waals surface area contributed by atoms with Crippen LogP contribution >= 0.6 is 0 Å². The monoisotopic (exact) mass is 339 g/mol. The molecule has 1 aliphatic heterocycles. The molecule has 0 spiro atoms. The van der Waals surface area contributed by atoms with Crippen LogP contribution in [0.4, 0.5) is 10.5 Å². The number of nitrogens with one attached hydrogen (secondary N) is 1. The molecule has 2 aromatic rings. The van der Waals surface area contributed by atoms with E-state index in [0.717, 1.165) is 30.1 Å². The summed E-state index contributed by atoms with van der Waals surface area (Å²) in [7, 11) is 1.68. The lowest BCUT2D eigenvalue weighted by Gasteiger charge is -2.36. The van der Waals surface area contributed by atoms with E-state index < -0.39 is 0 Å². The fourth-order valence-corrected chi connectivity index (χ4v) is 3.08. The van der Waals surface area contributed by atoms with Crippen LogP contribution in [0.2, 0.25) is 0 Å². The van der Waals surface area contributed by atoms with Gasteiger partial charge >= 0.3 is 6.03 Å². The fraction of sp³-hybridized carbons (Fsp3) is 0.350. The molecule has 0 radical (unpaired) electrons. The van der Waals surface area contributed by atoms with Crippen molar-refractivity contribution in [1.29, 1.82) is 0 Å². The van der Waals surface area contributed by atoms with Crippen molar-refractivity contribution in [2.75, 3.05) is 38.2 Å². The molecule has 1 saturated heterocycles. The van der Waals surface area contributed by atoms with Gasteiger partial charge in [0.2, 0.25) is 0 Å². The predicted octanol–water partition coefficient (Wildman–Crippen LogP) is 3.29. The molecule has 1 heterocycles. The van der Waals surface area contributed by atoms with E-state index in [1.54, 1.807) is 7.11 Å². The number of anilines is 1. The third-order valence-corrected chi connectivity index (χ3v) is 4.62. The zero-order valence-electron chi connectivity index (χ0n) is 14.8. The van der Waals surface area contributed by atoms with Crippen molar-refractivity contribution >= 4 is 11.7 Å². The first-order chi connectivity index (χ1) is 12.2. The molecule has 0 aromatic heterocycles. The Labute approximate surface area is 149 Å². The van der Waals surface area contributed by atoms with Crippen molar-refractivity contribution < 1.29 is 9.53 Å². The van der Waals surface area contributed by atoms with Gasteiger partial charge in [-0.05, 0) is 24.6 Å². The van der Waals surface area contributed by atoms with E-state index in [1.807, 2.05) is 60.4 Å². The number of urea groups is 1. The van der Waals surface area contributed by atoms with Gasteiger partial charge in [0.15, 0.2) is 0 Å². The average Bonchev–Trinajstić information content (AvgIpc) is 2.68. The highest BCUT2D eigenvalue weighted by Gasteiger charge is 2.22. The second-order valence-corrected chi connectivity index (χ2v) is 6.26. The van der Waals surface area contributed by atoms with Gasteiger partial charge < -0.3 is 19.9 Å². The minimum Gasteiger partial charge on any atom is -0.497 e. The van der Waals surface area contributed by atoms with Gasteiger partial charge in [0.1, 0.15) is 5.75 Å². The number of hydrogen-bond donors (Lipinski definition) is 1. The quantitative estimate of drug-likeness (QED) is 0.930. The van der Waals surface area contributed by atoms with E-state index in [-0.39, 0.29) is 12.1 Å². The first-order valence-corrected chi connectivity index (χ1v) is 8.67. The molecule has 1 aliphatic rings. The Balaban J connectivity index is 1.54. The number of benzene rings is 2. The van der Waals surface area contributed by atoms with Crippen LogP contribution in [0.25, 0.3) is 0 Å². The first kappa shape index (κ1) is 17.1. The van der Waals surface area contributed by atoms with Crippen molar-refractivity contribution in [3.05, 3.63) is 60.2 Å². The zero-order valence-corrected chi connectivity index (χ0v) is 14.8. The van der Waals surface area contributed by atoms with E-state index in [9.17, 15) is 4.79 Å². The summed E-state index contributed by atoms with van der Waals surface area (Å²) >= 11 is 0. The van der Waals surface area contributed by atoms with Gasteiger partial charge in [0.25, 0.3) is 0 Å². The van der Waals surface area contributed by atoms with Gasteiger partial charge in [-0.2, -0.15) is 0 Å². The fourth-order valence-electron chi connectivity index (χ4n) is 3.08. The molecule has 1 fully saturated rings. The van der Waals surface area contributed by atoms with E-state index in [1.165, 1.54) is 0 Å². The summed E-state index contributed by atoms with van der Waals surface area (Å²) in [5, 5.41) is 3.09. The number of amides is 2. The van der Waals surface area contributed by atoms with E-state index in [4.69, 9.17) is 4.74 Å². The number of piperazine rings is 1. The summed E-state index contributed by atoms with van der Waals surface area (Å²) < 4.78 is 5.29. The second kappa shape index (κ2) is 7.92. The highest BCUT2D eigenvalue weighted by molar-refractivity contribution is 5.75. The Bertz CT molecular complexity index is 697. The third kappa shape index (κ3) is 4.24. The highest BCUT2D eigenvalue weighted by atomic mass is 16.5. The lowest BCUT2D eigenvalue weighted by atomic mass is 10.1. The number of ether oxygens (including phenoxy) is 1. The van der Waals surface area contributed by atoms with Gasteiger partial charge in [-0.25, -0.2) is 4.79 Å². The normalized spacial score (nSPS) is 15.6. The lowest BCUT2D eigenvalue weighted by Crippen LogP contribution is -2.52. The number of methoxy groups -OCH3 is 1. The van der Waals surface area contributed by atoms with Crippen molar-refractivity contribution in [2.45, 2.75) is 13.0 Å². The zero-order chi connectivity index (χ0) is 17.6. The molecule has 25 heavy (non-hydrogen) atoms. The van der Waals surface area contributed by atoms with Crippen LogP contribution in [-0.4, -0.2) is 44.2 Å². The maximum Gasteiger partial charge on any atom is 0.317 e. The Hall–Kier alpha value is -2.69. The van der Waals surface area contributed by atoms with Crippen molar-refractivity contribution in [1.82, 2.24) is 10.2 Å². The van der Waals surface area contributed by atoms with E-state index in [0.29, 0.717) is 13.1 Å². The Morgan fingerprint density at radius 3 is 2.44 bits per heavy atom. The molecule has 2 amide bonds. The van der Waals surface area contributed by atoms with Gasteiger partial charge in [-0.1, -0.05) is 36.4 Å². The second-order valence-electron chi connectivity index (χ2n) is 6.26. The molecule has 2 aromatic carbocycles. The molecular formula is C20H25N3O2. The van der Waals surface area contributed by atoms with Crippen molar-refractivity contribution in [2.24, 2.45) is 0 Å². The molecule has 132 valence electrons. The highest BCUT2D eigenvalue weighted by Crippen LogP contribution is 2.22. The van der Waals surface area contributed by atoms with Gasteiger partial charge in [-0.3, -0.25) is 0 Å². The third-order valence-electron chi connectivity index (χ3n) is 4.62. The molecule has 1 atom stereocenters. The van der Waals surface area contributed by atoms with Crippen LogP contribution < -0.4 is 15.0 Å². The summed E-state index contributed by atoms with van der Waals surface area (Å²) in [6.45, 7) is 5.08. The lowest BCUT2D eigenvalue weighted by molar-refractivity contribution is 0.191. The molecule has 1 unspecified atom stereocenters. The maximum absolute atomic E-state index is 12.5. The number of hydrogen-bond acceptors (Lipinski definition) is 3. The van der Waals surface area contributed by atoms with Gasteiger partial charge in [0, 0.05) is 37.9 Å². The topological polar surface area (TPSA) is 44.8 Å². The van der Waals surface area contributed by atoms with Crippen LogP contribution in [-0.2, 0) is 0 Å². The molecule has 0 saturated carbocycles. The first-order valence-electron chi connectivity index (χ1n) is 8.67. The molecule has 5 heteroatoms. The van der Waals surface area contributed by atoms with E-state index in [2.05, 4.69) is 16.3 Å². The average molecular weight is 339 g/mol. The van der Waals surface area contributed by atoms with Crippen LogP contribution in [0.15, 0.2) is 54.6 Å². The number of carbonyl (C=O) groups excluding carboxylic acids is 1. The summed E-state index contributed by atoms with van der Waals surface area (Å²) in [4.78, 5) is 16.7. The molecule has 3 rings (SSSR count). The maximum atomic E-state index is 12.5. The number of rotatable bonds is 4. The molecule has 0 bridgehead atoms. The van der Waals surface area contributed by atoms with E-state index >= 15 is 0 Å². The van der Waals surface area contributed by atoms with Crippen molar-refractivity contribution in [3.63, 3.8) is 0 Å². The van der Waals surface area contributed by atoms with Crippen LogP contribution in [0.3, 0.4) is 0 Å².